The second-order valence-corrected chi connectivity index (χ2v) is 4.12. The lowest BCUT2D eigenvalue weighted by Gasteiger charge is -2.00. The molecule has 17 heavy (non-hydrogen) atoms. The minimum atomic E-state index is 0.0872. The number of carbonyl (C=O) groups excluding carboxylic acids is 1. The van der Waals surface area contributed by atoms with E-state index in [1.54, 1.807) is 6.08 Å². The fourth-order valence-corrected chi connectivity index (χ4v) is 1.80. The number of ketones is 1. The molecular formula is C16H16O. The maximum atomic E-state index is 11.9. The van der Waals surface area contributed by atoms with Crippen molar-refractivity contribution >= 4 is 16.6 Å². The van der Waals surface area contributed by atoms with Gasteiger partial charge in [0.05, 0.1) is 0 Å². The van der Waals surface area contributed by atoms with E-state index in [0.717, 1.165) is 23.8 Å². The van der Waals surface area contributed by atoms with E-state index in [1.165, 1.54) is 5.39 Å². The molecule has 0 aliphatic rings. The zero-order valence-electron chi connectivity index (χ0n) is 10.0. The molecule has 0 unspecified atom stereocenters. The van der Waals surface area contributed by atoms with E-state index < -0.39 is 0 Å². The van der Waals surface area contributed by atoms with E-state index >= 15 is 0 Å². The summed E-state index contributed by atoms with van der Waals surface area (Å²) in [6, 6.07) is 13.9. The summed E-state index contributed by atoms with van der Waals surface area (Å²) in [5, 5.41) is 2.28. The van der Waals surface area contributed by atoms with Crippen LogP contribution in [0.5, 0.6) is 0 Å². The van der Waals surface area contributed by atoms with Gasteiger partial charge in [0.2, 0.25) is 0 Å². The highest BCUT2D eigenvalue weighted by Crippen LogP contribution is 2.16. The third kappa shape index (κ3) is 2.82. The number of allylic oxidation sites excluding steroid dienone is 2. The van der Waals surface area contributed by atoms with Crippen molar-refractivity contribution in [2.24, 2.45) is 0 Å². The average Bonchev–Trinajstić information content (AvgIpc) is 2.38. The molecule has 0 amide bonds. The molecule has 0 saturated carbocycles. The summed E-state index contributed by atoms with van der Waals surface area (Å²) < 4.78 is 0. The molecule has 0 N–H and O–H groups in total. The van der Waals surface area contributed by atoms with Crippen LogP contribution < -0.4 is 0 Å². The predicted molar refractivity (Wildman–Crippen MR) is 72.3 cm³/mol. The smallest absolute Gasteiger partial charge is 0.185 e. The zero-order valence-corrected chi connectivity index (χ0v) is 10.0. The fourth-order valence-electron chi connectivity index (χ4n) is 1.80. The Hall–Kier alpha value is -1.89. The Labute approximate surface area is 102 Å². The van der Waals surface area contributed by atoms with E-state index in [0.29, 0.717) is 0 Å². The number of rotatable bonds is 4. The monoisotopic (exact) mass is 224 g/mol. The summed E-state index contributed by atoms with van der Waals surface area (Å²) in [5.74, 6) is 0.0872. The largest absolute Gasteiger partial charge is 0.289 e. The Bertz CT molecular complexity index is 552. The highest BCUT2D eigenvalue weighted by atomic mass is 16.1. The Morgan fingerprint density at radius 3 is 2.65 bits per heavy atom. The molecule has 2 aromatic rings. The lowest BCUT2D eigenvalue weighted by atomic mass is 10.0. The van der Waals surface area contributed by atoms with Gasteiger partial charge in [-0.05, 0) is 29.3 Å². The van der Waals surface area contributed by atoms with Gasteiger partial charge in [-0.25, -0.2) is 0 Å². The standard InChI is InChI=1S/C16H16O/c1-2-3-4-9-16(17)15-11-10-13-7-5-6-8-14(13)12-15/h4-12H,2-3H2,1H3. The molecular weight excluding hydrogens is 208 g/mol. The quantitative estimate of drug-likeness (QED) is 0.556. The van der Waals surface area contributed by atoms with Gasteiger partial charge in [-0.1, -0.05) is 55.8 Å². The Balaban J connectivity index is 2.27. The van der Waals surface area contributed by atoms with Gasteiger partial charge in [-0.15, -0.1) is 0 Å². The molecule has 0 aliphatic carbocycles. The van der Waals surface area contributed by atoms with Crippen LogP contribution in [0.15, 0.2) is 54.6 Å². The second kappa shape index (κ2) is 5.44. The lowest BCUT2D eigenvalue weighted by Crippen LogP contribution is -1.93. The van der Waals surface area contributed by atoms with Crippen LogP contribution >= 0.6 is 0 Å². The zero-order chi connectivity index (χ0) is 12.1. The van der Waals surface area contributed by atoms with E-state index in [-0.39, 0.29) is 5.78 Å². The summed E-state index contributed by atoms with van der Waals surface area (Å²) >= 11 is 0. The van der Waals surface area contributed by atoms with E-state index in [2.05, 4.69) is 13.0 Å². The molecule has 2 aromatic carbocycles. The van der Waals surface area contributed by atoms with Gasteiger partial charge in [0, 0.05) is 5.56 Å². The molecule has 1 heteroatoms. The number of carbonyl (C=O) groups is 1. The summed E-state index contributed by atoms with van der Waals surface area (Å²) in [6.07, 6.45) is 5.64. The number of unbranched alkanes of at least 4 members (excludes halogenated alkanes) is 1. The average molecular weight is 224 g/mol. The maximum absolute atomic E-state index is 11.9. The van der Waals surface area contributed by atoms with Gasteiger partial charge in [-0.2, -0.15) is 0 Å². The van der Waals surface area contributed by atoms with Crippen LogP contribution in [0.2, 0.25) is 0 Å². The molecule has 0 aliphatic heterocycles. The van der Waals surface area contributed by atoms with Gasteiger partial charge in [-0.3, -0.25) is 4.79 Å². The van der Waals surface area contributed by atoms with Crippen molar-refractivity contribution in [2.75, 3.05) is 0 Å². The molecule has 2 rings (SSSR count). The van der Waals surface area contributed by atoms with Crippen LogP contribution in [0.3, 0.4) is 0 Å². The van der Waals surface area contributed by atoms with Crippen LogP contribution in [0, 0.1) is 0 Å². The Morgan fingerprint density at radius 2 is 1.88 bits per heavy atom. The lowest BCUT2D eigenvalue weighted by molar-refractivity contribution is 0.104. The summed E-state index contributed by atoms with van der Waals surface area (Å²) in [5.41, 5.74) is 0.760. The van der Waals surface area contributed by atoms with Gasteiger partial charge in [0.15, 0.2) is 5.78 Å². The maximum Gasteiger partial charge on any atom is 0.185 e. The first-order valence-corrected chi connectivity index (χ1v) is 6.01. The van der Waals surface area contributed by atoms with Crippen LogP contribution in [0.1, 0.15) is 30.1 Å². The van der Waals surface area contributed by atoms with Crippen LogP contribution in [0.25, 0.3) is 10.8 Å². The molecule has 0 heterocycles. The topological polar surface area (TPSA) is 17.1 Å². The van der Waals surface area contributed by atoms with E-state index in [1.807, 2.05) is 42.5 Å². The molecule has 0 aromatic heterocycles. The van der Waals surface area contributed by atoms with Crippen molar-refractivity contribution in [2.45, 2.75) is 19.8 Å². The Morgan fingerprint density at radius 1 is 1.12 bits per heavy atom. The van der Waals surface area contributed by atoms with Crippen molar-refractivity contribution in [1.82, 2.24) is 0 Å². The highest BCUT2D eigenvalue weighted by molar-refractivity contribution is 6.06. The summed E-state index contributed by atoms with van der Waals surface area (Å²) in [4.78, 5) is 11.9. The van der Waals surface area contributed by atoms with Crippen LogP contribution in [0.4, 0.5) is 0 Å². The number of benzene rings is 2. The minimum Gasteiger partial charge on any atom is -0.289 e. The predicted octanol–water partition coefficient (Wildman–Crippen LogP) is 4.38. The van der Waals surface area contributed by atoms with Gasteiger partial charge >= 0.3 is 0 Å². The van der Waals surface area contributed by atoms with Crippen molar-refractivity contribution < 1.29 is 4.79 Å². The van der Waals surface area contributed by atoms with E-state index in [9.17, 15) is 4.79 Å². The summed E-state index contributed by atoms with van der Waals surface area (Å²) in [7, 11) is 0. The Kier molecular flexibility index (Phi) is 3.71. The molecule has 0 fully saturated rings. The highest BCUT2D eigenvalue weighted by Gasteiger charge is 2.02. The first kappa shape index (κ1) is 11.6. The van der Waals surface area contributed by atoms with Crippen LogP contribution in [-0.2, 0) is 0 Å². The van der Waals surface area contributed by atoms with Crippen molar-refractivity contribution in [3.63, 3.8) is 0 Å². The fraction of sp³-hybridized carbons (Fsp3) is 0.188. The van der Waals surface area contributed by atoms with Gasteiger partial charge < -0.3 is 0 Å². The normalized spacial score (nSPS) is 11.1. The molecule has 0 spiro atoms. The number of fused-ring (bicyclic) bond motifs is 1. The van der Waals surface area contributed by atoms with Crippen LogP contribution in [-0.4, -0.2) is 5.78 Å². The number of hydrogen-bond acceptors (Lipinski definition) is 1. The molecule has 0 radical (unpaired) electrons. The first-order chi connectivity index (χ1) is 8.31. The molecule has 0 bridgehead atoms. The third-order valence-electron chi connectivity index (χ3n) is 2.76. The molecule has 0 saturated heterocycles. The van der Waals surface area contributed by atoms with Crippen molar-refractivity contribution in [3.8, 4) is 0 Å². The van der Waals surface area contributed by atoms with Gasteiger partial charge in [0.1, 0.15) is 0 Å². The van der Waals surface area contributed by atoms with Gasteiger partial charge in [0.25, 0.3) is 0 Å². The number of hydrogen-bond donors (Lipinski definition) is 0. The molecule has 86 valence electrons. The van der Waals surface area contributed by atoms with Crippen molar-refractivity contribution in [3.05, 3.63) is 60.2 Å². The minimum absolute atomic E-state index is 0.0872. The first-order valence-electron chi connectivity index (χ1n) is 6.01. The van der Waals surface area contributed by atoms with Crippen molar-refractivity contribution in [1.29, 1.82) is 0 Å². The second-order valence-electron chi connectivity index (χ2n) is 4.12. The molecule has 1 nitrogen and oxygen atoms in total. The van der Waals surface area contributed by atoms with E-state index in [4.69, 9.17) is 0 Å². The molecule has 0 atom stereocenters. The summed E-state index contributed by atoms with van der Waals surface area (Å²) in [6.45, 7) is 2.10. The SMILES string of the molecule is CCCC=CC(=O)c1ccc2ccccc2c1. The third-order valence-corrected chi connectivity index (χ3v) is 2.76.